The highest BCUT2D eigenvalue weighted by molar-refractivity contribution is 5.78. The van der Waals surface area contributed by atoms with Crippen LogP contribution < -0.4 is 10.6 Å². The Hall–Kier alpha value is -1.06. The van der Waals surface area contributed by atoms with Crippen LogP contribution in [0.15, 0.2) is 0 Å². The maximum absolute atomic E-state index is 11.8. The molecule has 2 amide bonds. The van der Waals surface area contributed by atoms with E-state index in [2.05, 4.69) is 24.5 Å². The number of rotatable bonds is 19. The first-order valence-electron chi connectivity index (χ1n) is 11.2. The Morgan fingerprint density at radius 3 is 1.42 bits per heavy atom. The Kier molecular flexibility index (Phi) is 19.4. The van der Waals surface area contributed by atoms with Gasteiger partial charge < -0.3 is 10.6 Å². The van der Waals surface area contributed by atoms with E-state index in [9.17, 15) is 9.59 Å². The van der Waals surface area contributed by atoms with E-state index in [0.29, 0.717) is 5.78 Å². The molecule has 0 atom stereocenters. The maximum Gasteiger partial charge on any atom is 0.314 e. The van der Waals surface area contributed by atoms with Crippen LogP contribution in [0.1, 0.15) is 117 Å². The Bertz CT molecular complexity index is 300. The molecule has 26 heavy (non-hydrogen) atoms. The van der Waals surface area contributed by atoms with Gasteiger partial charge in [0.2, 0.25) is 0 Å². The molecule has 0 aromatic carbocycles. The molecule has 0 bridgehead atoms. The lowest BCUT2D eigenvalue weighted by Gasteiger charge is -2.07. The van der Waals surface area contributed by atoms with Crippen molar-refractivity contribution in [3.63, 3.8) is 0 Å². The molecule has 0 aliphatic rings. The summed E-state index contributed by atoms with van der Waals surface area (Å²) in [5.74, 6) is 0.443. The van der Waals surface area contributed by atoms with Crippen LogP contribution in [0.4, 0.5) is 4.79 Å². The summed E-state index contributed by atoms with van der Waals surface area (Å²) in [5, 5.41) is 5.82. The summed E-state index contributed by atoms with van der Waals surface area (Å²) in [6, 6.07) is -0.0361. The minimum atomic E-state index is -0.0361. The molecule has 0 saturated heterocycles. The molecule has 0 fully saturated rings. The lowest BCUT2D eigenvalue weighted by Crippen LogP contribution is -2.36. The minimum absolute atomic E-state index is 0.0361. The zero-order valence-corrected chi connectivity index (χ0v) is 17.5. The minimum Gasteiger partial charge on any atom is -0.338 e. The first kappa shape index (κ1) is 24.9. The summed E-state index contributed by atoms with van der Waals surface area (Å²) >= 11 is 0. The number of amides is 2. The van der Waals surface area contributed by atoms with Crippen molar-refractivity contribution in [2.75, 3.05) is 13.1 Å². The monoisotopic (exact) mass is 368 g/mol. The summed E-state index contributed by atoms with van der Waals surface area (Å²) in [5.41, 5.74) is 0. The molecule has 0 aliphatic carbocycles. The van der Waals surface area contributed by atoms with Gasteiger partial charge in [-0.3, -0.25) is 4.79 Å². The largest absolute Gasteiger partial charge is 0.338 e. The van der Waals surface area contributed by atoms with Gasteiger partial charge in [-0.2, -0.15) is 0 Å². The lowest BCUT2D eigenvalue weighted by atomic mass is 10.0. The predicted molar refractivity (Wildman–Crippen MR) is 112 cm³/mol. The number of Topliss-reactive ketones (excluding diaryl/α,β-unsaturated/α-hetero) is 1. The second kappa shape index (κ2) is 20.3. The molecule has 4 heteroatoms. The number of ketones is 1. The van der Waals surface area contributed by atoms with E-state index in [1.807, 2.05) is 0 Å². The van der Waals surface area contributed by atoms with Crippen molar-refractivity contribution in [2.24, 2.45) is 0 Å². The summed E-state index contributed by atoms with van der Waals surface area (Å²) in [7, 11) is 0. The van der Waals surface area contributed by atoms with Crippen molar-refractivity contribution in [3.05, 3.63) is 0 Å². The first-order chi connectivity index (χ1) is 12.7. The molecule has 0 aliphatic heterocycles. The standard InChI is InChI=1S/C22H44N2O2/c1-3-5-7-10-13-17-21(25)18-14-11-9-12-16-20-24-22(26)23-19-15-8-6-4-2/h3-20H2,1-2H3,(H2,23,24,26). The van der Waals surface area contributed by atoms with Gasteiger partial charge in [-0.05, 0) is 25.7 Å². The van der Waals surface area contributed by atoms with E-state index >= 15 is 0 Å². The third-order valence-corrected chi connectivity index (χ3v) is 4.79. The number of urea groups is 1. The van der Waals surface area contributed by atoms with Crippen molar-refractivity contribution >= 4 is 11.8 Å². The van der Waals surface area contributed by atoms with Gasteiger partial charge in [0.05, 0.1) is 0 Å². The molecular weight excluding hydrogens is 324 g/mol. The molecule has 154 valence electrons. The second-order valence-corrected chi connectivity index (χ2v) is 7.46. The fraction of sp³-hybridized carbons (Fsp3) is 0.909. The number of carbonyl (C=O) groups is 2. The van der Waals surface area contributed by atoms with E-state index in [-0.39, 0.29) is 6.03 Å². The summed E-state index contributed by atoms with van der Waals surface area (Å²) in [4.78, 5) is 23.3. The molecule has 0 unspecified atom stereocenters. The van der Waals surface area contributed by atoms with Gasteiger partial charge in [0.15, 0.2) is 0 Å². The molecular formula is C22H44N2O2. The fourth-order valence-corrected chi connectivity index (χ4v) is 3.05. The van der Waals surface area contributed by atoms with Crippen LogP contribution in [0.5, 0.6) is 0 Å². The zero-order valence-electron chi connectivity index (χ0n) is 17.5. The predicted octanol–water partition coefficient (Wildman–Crippen LogP) is 6.14. The van der Waals surface area contributed by atoms with Gasteiger partial charge in [0.1, 0.15) is 5.78 Å². The van der Waals surface area contributed by atoms with Crippen LogP contribution in [0.2, 0.25) is 0 Å². The van der Waals surface area contributed by atoms with Crippen molar-refractivity contribution in [3.8, 4) is 0 Å². The average molecular weight is 369 g/mol. The van der Waals surface area contributed by atoms with Crippen molar-refractivity contribution in [1.29, 1.82) is 0 Å². The molecule has 0 aromatic heterocycles. The summed E-state index contributed by atoms with van der Waals surface area (Å²) in [6.45, 7) is 5.93. The van der Waals surface area contributed by atoms with E-state index in [0.717, 1.165) is 70.9 Å². The molecule has 0 spiro atoms. The topological polar surface area (TPSA) is 58.2 Å². The molecule has 0 heterocycles. The summed E-state index contributed by atoms with van der Waals surface area (Å²) < 4.78 is 0. The van der Waals surface area contributed by atoms with Gasteiger partial charge in [0, 0.05) is 25.9 Å². The Labute approximate surface area is 162 Å². The van der Waals surface area contributed by atoms with E-state index in [1.165, 1.54) is 44.9 Å². The molecule has 0 saturated carbocycles. The molecule has 4 nitrogen and oxygen atoms in total. The van der Waals surface area contributed by atoms with E-state index < -0.39 is 0 Å². The normalized spacial score (nSPS) is 10.7. The molecule has 0 aromatic rings. The number of nitrogens with one attached hydrogen (secondary N) is 2. The average Bonchev–Trinajstić information content (AvgIpc) is 2.63. The van der Waals surface area contributed by atoms with Crippen LogP contribution in [-0.4, -0.2) is 24.9 Å². The van der Waals surface area contributed by atoms with Crippen molar-refractivity contribution < 1.29 is 9.59 Å². The third kappa shape index (κ3) is 19.3. The first-order valence-corrected chi connectivity index (χ1v) is 11.2. The van der Waals surface area contributed by atoms with Crippen LogP contribution in [-0.2, 0) is 4.79 Å². The van der Waals surface area contributed by atoms with Gasteiger partial charge in [-0.25, -0.2) is 4.79 Å². The molecule has 0 radical (unpaired) electrons. The zero-order chi connectivity index (χ0) is 19.3. The number of unbranched alkanes of at least 4 members (excludes halogenated alkanes) is 11. The van der Waals surface area contributed by atoms with Crippen molar-refractivity contribution in [2.45, 2.75) is 117 Å². The number of hydrogen-bond acceptors (Lipinski definition) is 2. The Morgan fingerprint density at radius 2 is 0.923 bits per heavy atom. The quantitative estimate of drug-likeness (QED) is 0.269. The van der Waals surface area contributed by atoms with Crippen LogP contribution in [0.3, 0.4) is 0 Å². The second-order valence-electron chi connectivity index (χ2n) is 7.46. The molecule has 2 N–H and O–H groups in total. The highest BCUT2D eigenvalue weighted by atomic mass is 16.2. The van der Waals surface area contributed by atoms with Gasteiger partial charge >= 0.3 is 6.03 Å². The maximum atomic E-state index is 11.8. The highest BCUT2D eigenvalue weighted by Gasteiger charge is 2.02. The van der Waals surface area contributed by atoms with E-state index in [4.69, 9.17) is 0 Å². The number of hydrogen-bond donors (Lipinski definition) is 2. The van der Waals surface area contributed by atoms with Crippen molar-refractivity contribution in [1.82, 2.24) is 10.6 Å². The summed E-state index contributed by atoms with van der Waals surface area (Å²) in [6.07, 6.45) is 17.8. The third-order valence-electron chi connectivity index (χ3n) is 4.79. The SMILES string of the molecule is CCCCCCCC(=O)CCCCCCCNC(=O)NCCCCCC. The van der Waals surface area contributed by atoms with Gasteiger partial charge in [-0.1, -0.05) is 78.1 Å². The molecule has 0 rings (SSSR count). The number of carbonyl (C=O) groups excluding carboxylic acids is 2. The smallest absolute Gasteiger partial charge is 0.314 e. The lowest BCUT2D eigenvalue weighted by molar-refractivity contribution is -0.119. The Morgan fingerprint density at radius 1 is 0.538 bits per heavy atom. The van der Waals surface area contributed by atoms with E-state index in [1.54, 1.807) is 0 Å². The van der Waals surface area contributed by atoms with Crippen LogP contribution >= 0.6 is 0 Å². The van der Waals surface area contributed by atoms with Crippen LogP contribution in [0.25, 0.3) is 0 Å². The Balaban J connectivity index is 3.25. The fourth-order valence-electron chi connectivity index (χ4n) is 3.05. The van der Waals surface area contributed by atoms with Gasteiger partial charge in [-0.15, -0.1) is 0 Å². The van der Waals surface area contributed by atoms with Gasteiger partial charge in [0.25, 0.3) is 0 Å². The highest BCUT2D eigenvalue weighted by Crippen LogP contribution is 2.10. The van der Waals surface area contributed by atoms with Crippen LogP contribution in [0, 0.1) is 0 Å².